The van der Waals surface area contributed by atoms with E-state index in [1.807, 2.05) is 6.07 Å². The van der Waals surface area contributed by atoms with Crippen molar-refractivity contribution in [1.82, 2.24) is 4.72 Å². The summed E-state index contributed by atoms with van der Waals surface area (Å²) in [6.07, 6.45) is 0.738. The van der Waals surface area contributed by atoms with Crippen LogP contribution in [-0.4, -0.2) is 25.5 Å². The van der Waals surface area contributed by atoms with E-state index in [0.29, 0.717) is 12.0 Å². The summed E-state index contributed by atoms with van der Waals surface area (Å²) in [5.41, 5.74) is 0.662. The number of nitrogens with one attached hydrogen (secondary N) is 1. The van der Waals surface area contributed by atoms with Crippen LogP contribution in [0.4, 0.5) is 0 Å². The van der Waals surface area contributed by atoms with Gasteiger partial charge in [-0.15, -0.1) is 0 Å². The van der Waals surface area contributed by atoms with Gasteiger partial charge in [-0.2, -0.15) is 9.98 Å². The molecular weight excluding hydrogens is 280 g/mol. The van der Waals surface area contributed by atoms with Crippen LogP contribution in [-0.2, 0) is 14.8 Å². The lowest BCUT2D eigenvalue weighted by molar-refractivity contribution is -0.139. The van der Waals surface area contributed by atoms with Crippen molar-refractivity contribution in [3.05, 3.63) is 29.3 Å². The van der Waals surface area contributed by atoms with Gasteiger partial charge in [0, 0.05) is 0 Å². The van der Waals surface area contributed by atoms with Crippen molar-refractivity contribution >= 4 is 16.0 Å². The van der Waals surface area contributed by atoms with E-state index in [9.17, 15) is 13.2 Å². The molecule has 6 nitrogen and oxygen atoms in total. The maximum atomic E-state index is 12.2. The quantitative estimate of drug-likeness (QED) is 0.825. The highest BCUT2D eigenvalue weighted by Gasteiger charge is 2.25. The van der Waals surface area contributed by atoms with E-state index in [1.165, 1.54) is 18.2 Å². The Morgan fingerprint density at radius 3 is 2.65 bits per heavy atom. The van der Waals surface area contributed by atoms with Crippen LogP contribution in [0.1, 0.15) is 30.9 Å². The van der Waals surface area contributed by atoms with Crippen molar-refractivity contribution < 1.29 is 18.3 Å². The number of aliphatic carboxylic acids is 1. The molecule has 0 saturated carbocycles. The third kappa shape index (κ3) is 3.79. The first-order chi connectivity index (χ1) is 9.31. The van der Waals surface area contributed by atoms with E-state index in [2.05, 4.69) is 4.72 Å². The molecule has 2 N–H and O–H groups in total. The number of benzene rings is 1. The second kappa shape index (κ2) is 6.50. The smallest absolute Gasteiger partial charge is 0.321 e. The highest BCUT2D eigenvalue weighted by atomic mass is 32.2. The highest BCUT2D eigenvalue weighted by Crippen LogP contribution is 2.17. The first-order valence-electron chi connectivity index (χ1n) is 6.07. The minimum absolute atomic E-state index is 0.0705. The minimum Gasteiger partial charge on any atom is -0.480 e. The van der Waals surface area contributed by atoms with Crippen LogP contribution in [0.15, 0.2) is 23.1 Å². The second-order valence-electron chi connectivity index (χ2n) is 4.39. The lowest BCUT2D eigenvalue weighted by Crippen LogP contribution is -2.40. The Labute approximate surface area is 118 Å². The normalized spacial score (nSPS) is 12.7. The van der Waals surface area contributed by atoms with Crippen molar-refractivity contribution in [3.63, 3.8) is 0 Å². The Kier molecular flexibility index (Phi) is 5.25. The molecule has 0 aliphatic heterocycles. The fourth-order valence-corrected chi connectivity index (χ4v) is 3.23. The largest absolute Gasteiger partial charge is 0.480 e. The van der Waals surface area contributed by atoms with E-state index in [-0.39, 0.29) is 16.9 Å². The molecule has 0 saturated heterocycles. The summed E-state index contributed by atoms with van der Waals surface area (Å²) in [5, 5.41) is 17.8. The summed E-state index contributed by atoms with van der Waals surface area (Å²) in [7, 11) is -3.97. The highest BCUT2D eigenvalue weighted by molar-refractivity contribution is 7.89. The van der Waals surface area contributed by atoms with Crippen molar-refractivity contribution in [2.75, 3.05) is 0 Å². The summed E-state index contributed by atoms with van der Waals surface area (Å²) in [5.74, 6) is -1.22. The number of sulfonamides is 1. The van der Waals surface area contributed by atoms with Crippen LogP contribution >= 0.6 is 0 Å². The number of carboxylic acid groups (broad SMARTS) is 1. The average Bonchev–Trinajstić information content (AvgIpc) is 2.38. The van der Waals surface area contributed by atoms with Gasteiger partial charge in [0.2, 0.25) is 10.0 Å². The number of aryl methyl sites for hydroxylation is 1. The Hall–Kier alpha value is -1.91. The van der Waals surface area contributed by atoms with Gasteiger partial charge in [-0.3, -0.25) is 4.79 Å². The van der Waals surface area contributed by atoms with Crippen LogP contribution < -0.4 is 4.72 Å². The van der Waals surface area contributed by atoms with Crippen LogP contribution in [0.5, 0.6) is 0 Å². The molecule has 1 aromatic rings. The molecule has 0 fully saturated rings. The molecule has 1 aromatic carbocycles. The van der Waals surface area contributed by atoms with E-state index in [1.54, 1.807) is 13.8 Å². The first-order valence-corrected chi connectivity index (χ1v) is 7.56. The molecule has 1 atom stereocenters. The molecule has 0 radical (unpaired) electrons. The Morgan fingerprint density at radius 2 is 2.15 bits per heavy atom. The van der Waals surface area contributed by atoms with Gasteiger partial charge in [-0.05, 0) is 31.0 Å². The molecule has 0 spiro atoms. The van der Waals surface area contributed by atoms with Gasteiger partial charge in [0.25, 0.3) is 0 Å². The summed E-state index contributed by atoms with van der Waals surface area (Å²) in [6, 6.07) is 4.95. The molecule has 0 aromatic heterocycles. The fraction of sp³-hybridized carbons (Fsp3) is 0.385. The van der Waals surface area contributed by atoms with E-state index < -0.39 is 22.0 Å². The standard InChI is InChI=1S/C13H16N2O4S/c1-3-4-11(13(16)17)15-20(18,19)12-7-10(8-14)6-5-9(12)2/h5-7,11,15H,3-4H2,1-2H3,(H,16,17). The van der Waals surface area contributed by atoms with Gasteiger partial charge >= 0.3 is 5.97 Å². The van der Waals surface area contributed by atoms with E-state index in [4.69, 9.17) is 10.4 Å². The maximum Gasteiger partial charge on any atom is 0.321 e. The Bertz CT molecular complexity index is 647. The zero-order valence-corrected chi connectivity index (χ0v) is 12.1. The lowest BCUT2D eigenvalue weighted by Gasteiger charge is -2.15. The molecule has 0 aliphatic carbocycles. The molecule has 1 rings (SSSR count). The molecule has 0 bridgehead atoms. The molecule has 0 heterocycles. The van der Waals surface area contributed by atoms with Crippen LogP contribution in [0.2, 0.25) is 0 Å². The average molecular weight is 296 g/mol. The van der Waals surface area contributed by atoms with Crippen molar-refractivity contribution in [3.8, 4) is 6.07 Å². The predicted molar refractivity (Wildman–Crippen MR) is 72.5 cm³/mol. The van der Waals surface area contributed by atoms with Crippen LogP contribution in [0.25, 0.3) is 0 Å². The van der Waals surface area contributed by atoms with Crippen LogP contribution in [0.3, 0.4) is 0 Å². The number of rotatable bonds is 6. The van der Waals surface area contributed by atoms with Gasteiger partial charge in [0.05, 0.1) is 16.5 Å². The van der Waals surface area contributed by atoms with Gasteiger partial charge < -0.3 is 5.11 Å². The summed E-state index contributed by atoms with van der Waals surface area (Å²) in [6.45, 7) is 3.36. The molecule has 0 amide bonds. The zero-order chi connectivity index (χ0) is 15.3. The molecule has 7 heteroatoms. The lowest BCUT2D eigenvalue weighted by atomic mass is 10.2. The molecule has 0 aliphatic rings. The molecule has 108 valence electrons. The topological polar surface area (TPSA) is 107 Å². The predicted octanol–water partition coefficient (Wildman–Crippen LogP) is 1.40. The van der Waals surface area contributed by atoms with Crippen molar-refractivity contribution in [2.24, 2.45) is 0 Å². The maximum absolute atomic E-state index is 12.2. The molecule has 20 heavy (non-hydrogen) atoms. The van der Waals surface area contributed by atoms with E-state index >= 15 is 0 Å². The van der Waals surface area contributed by atoms with Gasteiger partial charge in [0.15, 0.2) is 0 Å². The van der Waals surface area contributed by atoms with Gasteiger partial charge in [0.1, 0.15) is 6.04 Å². The third-order valence-electron chi connectivity index (χ3n) is 2.78. The monoisotopic (exact) mass is 296 g/mol. The first kappa shape index (κ1) is 16.1. The number of hydrogen-bond acceptors (Lipinski definition) is 4. The number of nitriles is 1. The van der Waals surface area contributed by atoms with Crippen molar-refractivity contribution in [1.29, 1.82) is 5.26 Å². The zero-order valence-electron chi connectivity index (χ0n) is 11.3. The summed E-state index contributed by atoms with van der Waals surface area (Å²) < 4.78 is 26.6. The number of hydrogen-bond donors (Lipinski definition) is 2. The fourth-order valence-electron chi connectivity index (χ4n) is 1.73. The summed E-state index contributed by atoms with van der Waals surface area (Å²) in [4.78, 5) is 11.0. The van der Waals surface area contributed by atoms with Crippen LogP contribution in [0, 0.1) is 18.3 Å². The number of carbonyl (C=O) groups is 1. The van der Waals surface area contributed by atoms with E-state index in [0.717, 1.165) is 0 Å². The van der Waals surface area contributed by atoms with Crippen molar-refractivity contribution in [2.45, 2.75) is 37.6 Å². The molecule has 1 unspecified atom stereocenters. The number of nitrogens with zero attached hydrogens (tertiary/aromatic N) is 1. The van der Waals surface area contributed by atoms with Gasteiger partial charge in [-0.1, -0.05) is 19.4 Å². The summed E-state index contributed by atoms with van der Waals surface area (Å²) >= 11 is 0. The third-order valence-corrected chi connectivity index (χ3v) is 4.39. The minimum atomic E-state index is -3.97. The van der Waals surface area contributed by atoms with Gasteiger partial charge in [-0.25, -0.2) is 8.42 Å². The second-order valence-corrected chi connectivity index (χ2v) is 6.08. The number of carboxylic acids is 1. The SMILES string of the molecule is CCCC(NS(=O)(=O)c1cc(C#N)ccc1C)C(=O)O. The Morgan fingerprint density at radius 1 is 1.50 bits per heavy atom. The molecular formula is C13H16N2O4S. The Balaban J connectivity index is 3.17.